The van der Waals surface area contributed by atoms with E-state index in [4.69, 9.17) is 4.74 Å². The third kappa shape index (κ3) is 4.38. The first-order chi connectivity index (χ1) is 12.0. The summed E-state index contributed by atoms with van der Waals surface area (Å²) in [7, 11) is 1.58. The molecule has 1 aromatic carbocycles. The lowest BCUT2D eigenvalue weighted by Gasteiger charge is -2.10. The molecule has 0 saturated carbocycles. The number of nitrogens with zero attached hydrogens (tertiary/aromatic N) is 3. The highest BCUT2D eigenvalue weighted by Gasteiger charge is 2.19. The maximum absolute atomic E-state index is 11.9. The maximum Gasteiger partial charge on any atom is 0.264 e. The van der Waals surface area contributed by atoms with Crippen LogP contribution in [0, 0.1) is 0 Å². The van der Waals surface area contributed by atoms with Crippen molar-refractivity contribution in [2.45, 2.75) is 58.9 Å². The number of amides is 1. The molecule has 1 N–H and O–H groups in total. The topological polar surface area (TPSA) is 76.2 Å². The molecule has 2 aromatic rings. The van der Waals surface area contributed by atoms with Crippen LogP contribution in [0.1, 0.15) is 58.9 Å². The number of aromatic hydroxyl groups is 1. The maximum atomic E-state index is 11.9. The van der Waals surface area contributed by atoms with E-state index in [1.807, 2.05) is 26.0 Å². The van der Waals surface area contributed by atoms with Gasteiger partial charge in [-0.25, -0.2) is 0 Å². The predicted molar refractivity (Wildman–Crippen MR) is 98.8 cm³/mol. The lowest BCUT2D eigenvalue weighted by Crippen LogP contribution is -1.99. The Balaban J connectivity index is 2.31. The summed E-state index contributed by atoms with van der Waals surface area (Å²) >= 11 is 0. The average molecular weight is 345 g/mol. The van der Waals surface area contributed by atoms with E-state index in [9.17, 15) is 9.90 Å². The number of hydrogen-bond acceptors (Lipinski definition) is 4. The fourth-order valence-electron chi connectivity index (χ4n) is 2.87. The minimum atomic E-state index is -0.260. The van der Waals surface area contributed by atoms with Crippen molar-refractivity contribution in [3.63, 3.8) is 0 Å². The standard InChI is InChI=1S/C19H27N3O3/c1-5-6-7-8-9-17(23)20-21-18-15-12-14(25-4)10-11-16(15)22(13(2)3)19(18)24/h10-13,24H,5-9H2,1-4H3. The van der Waals surface area contributed by atoms with E-state index < -0.39 is 0 Å². The van der Waals surface area contributed by atoms with Crippen molar-refractivity contribution in [2.24, 2.45) is 10.2 Å². The molecule has 0 unspecified atom stereocenters. The second kappa shape index (κ2) is 8.65. The Bertz CT molecular complexity index is 763. The fraction of sp³-hybridized carbons (Fsp3) is 0.526. The second-order valence-electron chi connectivity index (χ2n) is 6.42. The molecule has 25 heavy (non-hydrogen) atoms. The summed E-state index contributed by atoms with van der Waals surface area (Å²) in [5, 5.41) is 19.1. The summed E-state index contributed by atoms with van der Waals surface area (Å²) in [6, 6.07) is 5.55. The zero-order chi connectivity index (χ0) is 18.4. The molecule has 0 atom stereocenters. The van der Waals surface area contributed by atoms with Crippen molar-refractivity contribution < 1.29 is 14.6 Å². The second-order valence-corrected chi connectivity index (χ2v) is 6.42. The van der Waals surface area contributed by atoms with Crippen LogP contribution in [-0.2, 0) is 4.79 Å². The number of aromatic nitrogens is 1. The van der Waals surface area contributed by atoms with Crippen LogP contribution in [0.4, 0.5) is 5.69 Å². The molecule has 0 aliphatic heterocycles. The minimum absolute atomic E-state index is 0.0146. The van der Waals surface area contributed by atoms with Crippen molar-refractivity contribution >= 4 is 22.5 Å². The van der Waals surface area contributed by atoms with Crippen LogP contribution in [-0.4, -0.2) is 22.7 Å². The number of fused-ring (bicyclic) bond motifs is 1. The van der Waals surface area contributed by atoms with E-state index in [0.29, 0.717) is 23.2 Å². The van der Waals surface area contributed by atoms with Gasteiger partial charge in [-0.05, 0) is 38.5 Å². The molecule has 2 rings (SSSR count). The van der Waals surface area contributed by atoms with E-state index in [1.165, 1.54) is 0 Å². The van der Waals surface area contributed by atoms with E-state index in [1.54, 1.807) is 17.7 Å². The van der Waals surface area contributed by atoms with Crippen molar-refractivity contribution in [1.82, 2.24) is 4.57 Å². The number of rotatable bonds is 8. The molecule has 0 saturated heterocycles. The third-order valence-electron chi connectivity index (χ3n) is 4.18. The normalized spacial score (nSPS) is 11.7. The Morgan fingerprint density at radius 3 is 2.68 bits per heavy atom. The molecule has 0 spiro atoms. The molecular formula is C19H27N3O3. The number of carbonyl (C=O) groups is 1. The summed E-state index contributed by atoms with van der Waals surface area (Å²) < 4.78 is 7.03. The van der Waals surface area contributed by atoms with Crippen LogP contribution in [0.15, 0.2) is 28.4 Å². The first-order valence-electron chi connectivity index (χ1n) is 8.85. The van der Waals surface area contributed by atoms with Gasteiger partial charge < -0.3 is 14.4 Å². The molecule has 136 valence electrons. The number of methoxy groups -OCH3 is 1. The Morgan fingerprint density at radius 1 is 1.28 bits per heavy atom. The summed E-state index contributed by atoms with van der Waals surface area (Å²) in [4.78, 5) is 11.9. The van der Waals surface area contributed by atoms with Crippen molar-refractivity contribution in [3.05, 3.63) is 18.2 Å². The van der Waals surface area contributed by atoms with E-state index in [0.717, 1.165) is 31.2 Å². The van der Waals surface area contributed by atoms with Gasteiger partial charge in [0, 0.05) is 17.8 Å². The number of ether oxygens (including phenoxy) is 1. The van der Waals surface area contributed by atoms with Gasteiger partial charge in [0.15, 0.2) is 5.69 Å². The van der Waals surface area contributed by atoms with Gasteiger partial charge in [-0.2, -0.15) is 0 Å². The molecule has 6 nitrogen and oxygen atoms in total. The van der Waals surface area contributed by atoms with Crippen LogP contribution in [0.3, 0.4) is 0 Å². The van der Waals surface area contributed by atoms with Gasteiger partial charge in [-0.1, -0.05) is 26.2 Å². The Morgan fingerprint density at radius 2 is 2.04 bits per heavy atom. The Kier molecular flexibility index (Phi) is 6.56. The largest absolute Gasteiger partial charge is 0.497 e. The first kappa shape index (κ1) is 19.0. The van der Waals surface area contributed by atoms with E-state index in [2.05, 4.69) is 17.2 Å². The molecule has 6 heteroatoms. The van der Waals surface area contributed by atoms with E-state index >= 15 is 0 Å². The molecular weight excluding hydrogens is 318 g/mol. The van der Waals surface area contributed by atoms with Crippen LogP contribution >= 0.6 is 0 Å². The van der Waals surface area contributed by atoms with Gasteiger partial charge in [0.2, 0.25) is 5.88 Å². The lowest BCUT2D eigenvalue weighted by atomic mass is 10.1. The number of benzene rings is 1. The van der Waals surface area contributed by atoms with Gasteiger partial charge in [-0.15, -0.1) is 10.2 Å². The molecule has 1 aromatic heterocycles. The zero-order valence-electron chi connectivity index (χ0n) is 15.5. The summed E-state index contributed by atoms with van der Waals surface area (Å²) in [6.45, 7) is 6.08. The highest BCUT2D eigenvalue weighted by molar-refractivity contribution is 5.96. The summed E-state index contributed by atoms with van der Waals surface area (Å²) in [5.41, 5.74) is 1.14. The molecule has 1 amide bonds. The molecule has 0 aliphatic rings. The minimum Gasteiger partial charge on any atom is -0.497 e. The highest BCUT2D eigenvalue weighted by Crippen LogP contribution is 2.42. The van der Waals surface area contributed by atoms with Crippen LogP contribution < -0.4 is 4.74 Å². The smallest absolute Gasteiger partial charge is 0.264 e. The fourth-order valence-corrected chi connectivity index (χ4v) is 2.87. The first-order valence-corrected chi connectivity index (χ1v) is 8.85. The zero-order valence-corrected chi connectivity index (χ0v) is 15.5. The Labute approximate surface area is 148 Å². The number of azo groups is 1. The number of carbonyl (C=O) groups excluding carboxylic acids is 1. The molecule has 0 fully saturated rings. The van der Waals surface area contributed by atoms with E-state index in [-0.39, 0.29) is 17.8 Å². The summed E-state index contributed by atoms with van der Waals surface area (Å²) in [5.74, 6) is 0.417. The van der Waals surface area contributed by atoms with Crippen molar-refractivity contribution in [3.8, 4) is 11.6 Å². The third-order valence-corrected chi connectivity index (χ3v) is 4.18. The van der Waals surface area contributed by atoms with Crippen molar-refractivity contribution in [1.29, 1.82) is 0 Å². The quantitative estimate of drug-likeness (QED) is 0.505. The molecule has 1 heterocycles. The van der Waals surface area contributed by atoms with Crippen LogP contribution in [0.25, 0.3) is 10.9 Å². The van der Waals surface area contributed by atoms with Gasteiger partial charge in [0.05, 0.1) is 12.6 Å². The van der Waals surface area contributed by atoms with Gasteiger partial charge in [-0.3, -0.25) is 4.79 Å². The molecule has 0 aliphatic carbocycles. The van der Waals surface area contributed by atoms with Gasteiger partial charge in [0.25, 0.3) is 5.91 Å². The monoisotopic (exact) mass is 345 g/mol. The SMILES string of the molecule is CCCCCCC(=O)N=Nc1c(O)n(C(C)C)c2ccc(OC)cc12. The van der Waals surface area contributed by atoms with Crippen molar-refractivity contribution in [2.75, 3.05) is 7.11 Å². The van der Waals surface area contributed by atoms with Crippen LogP contribution in [0.5, 0.6) is 11.6 Å². The lowest BCUT2D eigenvalue weighted by molar-refractivity contribution is -0.118. The molecule has 0 radical (unpaired) electrons. The number of hydrogen-bond donors (Lipinski definition) is 1. The Hall–Kier alpha value is -2.37. The van der Waals surface area contributed by atoms with Gasteiger partial charge in [0.1, 0.15) is 5.75 Å². The van der Waals surface area contributed by atoms with Gasteiger partial charge >= 0.3 is 0 Å². The van der Waals surface area contributed by atoms with Crippen LogP contribution in [0.2, 0.25) is 0 Å². The average Bonchev–Trinajstić information content (AvgIpc) is 2.87. The highest BCUT2D eigenvalue weighted by atomic mass is 16.5. The summed E-state index contributed by atoms with van der Waals surface area (Å²) in [6.07, 6.45) is 4.47. The number of unbranched alkanes of at least 4 members (excludes halogenated alkanes) is 3. The molecule has 0 bridgehead atoms. The predicted octanol–water partition coefficient (Wildman–Crippen LogP) is 5.52.